The van der Waals surface area contributed by atoms with Gasteiger partial charge in [0.2, 0.25) is 21.9 Å². The van der Waals surface area contributed by atoms with Gasteiger partial charge in [-0.15, -0.1) is 0 Å². The van der Waals surface area contributed by atoms with Crippen LogP contribution in [0.4, 0.5) is 10.3 Å². The molecule has 34 heavy (non-hydrogen) atoms. The lowest BCUT2D eigenvalue weighted by atomic mass is 9.97. The maximum absolute atomic E-state index is 13.5. The Labute approximate surface area is 197 Å². The predicted molar refractivity (Wildman–Crippen MR) is 125 cm³/mol. The molecule has 2 rings (SSSR count). The maximum atomic E-state index is 13.5. The second kappa shape index (κ2) is 11.5. The van der Waals surface area contributed by atoms with Crippen LogP contribution >= 0.6 is 0 Å². The zero-order valence-electron chi connectivity index (χ0n) is 19.3. The van der Waals surface area contributed by atoms with Gasteiger partial charge in [0.1, 0.15) is 5.82 Å². The third-order valence-corrected chi connectivity index (χ3v) is 6.11. The van der Waals surface area contributed by atoms with Crippen LogP contribution in [-0.2, 0) is 14.8 Å². The number of sulfonamides is 1. The number of anilines is 1. The number of aliphatic hydroxyl groups excluding tert-OH is 2. The Balaban J connectivity index is 2.57. The van der Waals surface area contributed by atoms with Crippen LogP contribution in [0.1, 0.15) is 43.9 Å². The summed E-state index contributed by atoms with van der Waals surface area (Å²) in [5, 5.41) is 28.8. The summed E-state index contributed by atoms with van der Waals surface area (Å²) in [6, 6.07) is 5.49. The average Bonchev–Trinajstić information content (AvgIpc) is 2.76. The molecule has 1 aromatic carbocycles. The van der Waals surface area contributed by atoms with Gasteiger partial charge in [-0.2, -0.15) is 0 Å². The summed E-state index contributed by atoms with van der Waals surface area (Å²) in [7, 11) is -2.33. The molecule has 0 radical (unpaired) electrons. The summed E-state index contributed by atoms with van der Waals surface area (Å²) in [6.45, 7) is 3.71. The zero-order valence-corrected chi connectivity index (χ0v) is 20.1. The highest BCUT2D eigenvalue weighted by atomic mass is 32.2. The van der Waals surface area contributed by atoms with Gasteiger partial charge in [0.15, 0.2) is 0 Å². The zero-order chi connectivity index (χ0) is 25.6. The number of halogens is 1. The number of carbonyl (C=O) groups is 1. The molecule has 2 unspecified atom stereocenters. The standard InChI is InChI=1S/C22H29FN4O6S/c1-13(2)20-18(10-9-16(28)11-17(29)12-19(30)26-31)21(14-5-7-15(23)8-6-14)25-22(24-20)27(3)34(4,32)33/h5-10,13,16-17,28-29,31H,11-12H2,1-4H3,(H,26,30)/b10-9+. The van der Waals surface area contributed by atoms with Gasteiger partial charge in [-0.1, -0.05) is 26.0 Å². The molecule has 1 heterocycles. The summed E-state index contributed by atoms with van der Waals surface area (Å²) >= 11 is 0. The van der Waals surface area contributed by atoms with E-state index in [0.29, 0.717) is 22.5 Å². The first-order valence-corrected chi connectivity index (χ1v) is 12.3. The lowest BCUT2D eigenvalue weighted by Crippen LogP contribution is -2.27. The van der Waals surface area contributed by atoms with Gasteiger partial charge in [-0.25, -0.2) is 32.6 Å². The number of hydrogen-bond donors (Lipinski definition) is 4. The van der Waals surface area contributed by atoms with E-state index in [2.05, 4.69) is 9.97 Å². The van der Waals surface area contributed by atoms with Gasteiger partial charge in [-0.05, 0) is 30.2 Å². The Morgan fingerprint density at radius 1 is 1.21 bits per heavy atom. The van der Waals surface area contributed by atoms with Crippen molar-refractivity contribution in [3.8, 4) is 11.3 Å². The van der Waals surface area contributed by atoms with E-state index in [1.165, 1.54) is 42.9 Å². The number of carbonyl (C=O) groups excluding carboxylic acids is 1. The fourth-order valence-electron chi connectivity index (χ4n) is 3.10. The Kier molecular flexibility index (Phi) is 9.21. The molecule has 0 aliphatic rings. The lowest BCUT2D eigenvalue weighted by molar-refractivity contribution is -0.131. The topological polar surface area (TPSA) is 153 Å². The number of benzene rings is 1. The van der Waals surface area contributed by atoms with Crippen LogP contribution in [0, 0.1) is 5.82 Å². The van der Waals surface area contributed by atoms with Gasteiger partial charge in [0, 0.05) is 24.6 Å². The smallest absolute Gasteiger partial charge is 0.245 e. The number of nitrogens with zero attached hydrogens (tertiary/aromatic N) is 3. The van der Waals surface area contributed by atoms with E-state index in [1.807, 2.05) is 13.8 Å². The molecule has 0 saturated heterocycles. The fourth-order valence-corrected chi connectivity index (χ4v) is 3.48. The Morgan fingerprint density at radius 3 is 2.35 bits per heavy atom. The molecule has 1 amide bonds. The summed E-state index contributed by atoms with van der Waals surface area (Å²) in [5.41, 5.74) is 3.21. The molecule has 0 fully saturated rings. The van der Waals surface area contributed by atoms with Crippen LogP contribution in [0.5, 0.6) is 0 Å². The van der Waals surface area contributed by atoms with Gasteiger partial charge in [-0.3, -0.25) is 10.0 Å². The first-order valence-electron chi connectivity index (χ1n) is 10.4. The summed E-state index contributed by atoms with van der Waals surface area (Å²) in [4.78, 5) is 20.0. The highest BCUT2D eigenvalue weighted by molar-refractivity contribution is 7.92. The van der Waals surface area contributed by atoms with Crippen molar-refractivity contribution >= 4 is 28.0 Å². The third kappa shape index (κ3) is 7.29. The highest BCUT2D eigenvalue weighted by Crippen LogP contribution is 2.31. The highest BCUT2D eigenvalue weighted by Gasteiger charge is 2.22. The largest absolute Gasteiger partial charge is 0.392 e. The fraction of sp³-hybridized carbons (Fsp3) is 0.409. The first kappa shape index (κ1) is 27.3. The monoisotopic (exact) mass is 496 g/mol. The van der Waals surface area contributed by atoms with E-state index >= 15 is 0 Å². The minimum absolute atomic E-state index is 0.0614. The number of aliphatic hydroxyl groups is 2. The molecule has 0 saturated carbocycles. The summed E-state index contributed by atoms with van der Waals surface area (Å²) in [5.74, 6) is -1.48. The minimum Gasteiger partial charge on any atom is -0.392 e. The Morgan fingerprint density at radius 2 is 1.82 bits per heavy atom. The molecule has 0 bridgehead atoms. The van der Waals surface area contributed by atoms with Crippen molar-refractivity contribution < 1.29 is 33.0 Å². The van der Waals surface area contributed by atoms with Gasteiger partial charge >= 0.3 is 0 Å². The molecular formula is C22H29FN4O6S. The third-order valence-electron chi connectivity index (χ3n) is 4.95. The van der Waals surface area contributed by atoms with Crippen LogP contribution in [0.2, 0.25) is 0 Å². The van der Waals surface area contributed by atoms with Crippen LogP contribution in [0.3, 0.4) is 0 Å². The van der Waals surface area contributed by atoms with E-state index in [1.54, 1.807) is 6.08 Å². The van der Waals surface area contributed by atoms with Crippen molar-refractivity contribution in [2.24, 2.45) is 0 Å². The molecule has 2 atom stereocenters. The normalized spacial score (nSPS) is 13.8. The molecule has 12 heteroatoms. The molecule has 2 aromatic rings. The second-order valence-corrected chi connectivity index (χ2v) is 10.1. The number of amides is 1. The molecule has 0 aliphatic carbocycles. The molecular weight excluding hydrogens is 467 g/mol. The average molecular weight is 497 g/mol. The van der Waals surface area contributed by atoms with Crippen molar-refractivity contribution in [1.82, 2.24) is 15.4 Å². The lowest BCUT2D eigenvalue weighted by Gasteiger charge is -2.20. The predicted octanol–water partition coefficient (Wildman–Crippen LogP) is 1.82. The molecule has 10 nitrogen and oxygen atoms in total. The van der Waals surface area contributed by atoms with Crippen molar-refractivity contribution in [3.63, 3.8) is 0 Å². The van der Waals surface area contributed by atoms with Crippen LogP contribution in [-0.4, -0.2) is 65.2 Å². The van der Waals surface area contributed by atoms with Crippen LogP contribution in [0.15, 0.2) is 30.3 Å². The van der Waals surface area contributed by atoms with E-state index in [0.717, 1.165) is 10.6 Å². The molecule has 0 aliphatic heterocycles. The quantitative estimate of drug-likeness (QED) is 0.287. The van der Waals surface area contributed by atoms with E-state index in [4.69, 9.17) is 5.21 Å². The summed E-state index contributed by atoms with van der Waals surface area (Å²) in [6.07, 6.45) is 1.03. The van der Waals surface area contributed by atoms with Crippen LogP contribution in [0.25, 0.3) is 17.3 Å². The second-order valence-electron chi connectivity index (χ2n) is 8.12. The maximum Gasteiger partial charge on any atom is 0.245 e. The van der Waals surface area contributed by atoms with E-state index < -0.39 is 40.4 Å². The van der Waals surface area contributed by atoms with Crippen molar-refractivity contribution in [1.29, 1.82) is 0 Å². The molecule has 186 valence electrons. The van der Waals surface area contributed by atoms with Crippen molar-refractivity contribution in [2.45, 2.75) is 44.8 Å². The number of rotatable bonds is 10. The van der Waals surface area contributed by atoms with E-state index in [-0.39, 0.29) is 18.3 Å². The Bertz CT molecular complexity index is 1140. The van der Waals surface area contributed by atoms with Crippen molar-refractivity contribution in [3.05, 3.63) is 47.4 Å². The SMILES string of the molecule is CC(C)c1nc(N(C)S(C)(=O)=O)nc(-c2ccc(F)cc2)c1/C=C/C(O)CC(O)CC(=O)NO. The number of nitrogens with one attached hydrogen (secondary N) is 1. The number of hydroxylamine groups is 1. The number of aromatic nitrogens is 2. The van der Waals surface area contributed by atoms with Gasteiger partial charge in [0.05, 0.1) is 36.3 Å². The Hall–Kier alpha value is -2.93. The minimum atomic E-state index is -3.66. The molecule has 1 aromatic heterocycles. The summed E-state index contributed by atoms with van der Waals surface area (Å²) < 4.78 is 38.6. The first-order chi connectivity index (χ1) is 15.8. The van der Waals surface area contributed by atoms with Gasteiger partial charge in [0.25, 0.3) is 0 Å². The van der Waals surface area contributed by atoms with Crippen LogP contribution < -0.4 is 9.79 Å². The van der Waals surface area contributed by atoms with Crippen molar-refractivity contribution in [2.75, 3.05) is 17.6 Å². The van der Waals surface area contributed by atoms with E-state index in [9.17, 15) is 27.8 Å². The molecule has 0 spiro atoms. The van der Waals surface area contributed by atoms with Gasteiger partial charge < -0.3 is 10.2 Å². The molecule has 4 N–H and O–H groups in total. The number of hydrogen-bond acceptors (Lipinski definition) is 8.